The molecule has 0 spiro atoms. The average Bonchev–Trinajstić information content (AvgIpc) is 2.48. The monoisotopic (exact) mass is 372 g/mol. The minimum Gasteiger partial charge on any atom is -0.399 e. The van der Waals surface area contributed by atoms with Crippen LogP contribution >= 0.6 is 0 Å². The minimum absolute atomic E-state index is 0. The lowest BCUT2D eigenvalue weighted by molar-refractivity contribution is 0.483. The quantitative estimate of drug-likeness (QED) is 0.614. The Morgan fingerprint density at radius 3 is 1.79 bits per heavy atom. The fraction of sp³-hybridized carbons (Fsp3) is 0.200. The summed E-state index contributed by atoms with van der Waals surface area (Å²) < 4.78 is 57.5. The van der Waals surface area contributed by atoms with Gasteiger partial charge >= 0.3 is 0 Å². The highest BCUT2D eigenvalue weighted by Crippen LogP contribution is 2.25. The SMILES string of the molecule is C.CCN(c1ccc(S(=O)(=O)O)cc1)S(=O)(=O)c1ccc(N)cc1. The van der Waals surface area contributed by atoms with Gasteiger partial charge in [0.25, 0.3) is 20.1 Å². The number of benzene rings is 2. The van der Waals surface area contributed by atoms with Crippen LogP contribution in [0.3, 0.4) is 0 Å². The van der Waals surface area contributed by atoms with Crippen LogP contribution < -0.4 is 10.0 Å². The Morgan fingerprint density at radius 2 is 1.38 bits per heavy atom. The molecule has 0 aliphatic rings. The van der Waals surface area contributed by atoms with E-state index in [2.05, 4.69) is 0 Å². The molecule has 0 saturated heterocycles. The van der Waals surface area contributed by atoms with E-state index in [1.165, 1.54) is 36.4 Å². The Labute approximate surface area is 142 Å². The second kappa shape index (κ2) is 7.20. The first kappa shape index (κ1) is 19.9. The third-order valence-corrected chi connectivity index (χ3v) is 5.96. The molecule has 7 nitrogen and oxygen atoms in total. The van der Waals surface area contributed by atoms with E-state index in [9.17, 15) is 16.8 Å². The summed E-state index contributed by atoms with van der Waals surface area (Å²) in [5.74, 6) is 0. The van der Waals surface area contributed by atoms with E-state index in [1.54, 1.807) is 6.92 Å². The molecule has 0 aliphatic carbocycles. The topological polar surface area (TPSA) is 118 Å². The van der Waals surface area contributed by atoms with Crippen molar-refractivity contribution in [2.45, 2.75) is 24.1 Å². The third-order valence-electron chi connectivity index (χ3n) is 3.18. The van der Waals surface area contributed by atoms with E-state index in [1.807, 2.05) is 0 Å². The van der Waals surface area contributed by atoms with E-state index < -0.39 is 20.1 Å². The molecule has 0 aromatic heterocycles. The van der Waals surface area contributed by atoms with Gasteiger partial charge in [0.15, 0.2) is 0 Å². The summed E-state index contributed by atoms with van der Waals surface area (Å²) in [5.41, 5.74) is 6.30. The largest absolute Gasteiger partial charge is 0.399 e. The molecular weight excluding hydrogens is 352 g/mol. The molecule has 0 heterocycles. The van der Waals surface area contributed by atoms with Crippen molar-refractivity contribution >= 4 is 31.5 Å². The molecule has 0 saturated carbocycles. The number of sulfonamides is 1. The predicted octanol–water partition coefficient (Wildman–Crippen LogP) is 2.37. The number of hydrogen-bond acceptors (Lipinski definition) is 5. The van der Waals surface area contributed by atoms with Gasteiger partial charge in [0.2, 0.25) is 0 Å². The lowest BCUT2D eigenvalue weighted by Crippen LogP contribution is -2.30. The standard InChI is InChI=1S/C14H16N2O5S2.CH4/c1-2-16(12-5-9-14(10-6-12)23(19,20)21)22(17,18)13-7-3-11(15)4-8-13;/h3-10H,2,15H2,1H3,(H,19,20,21);1H4. The van der Waals surface area contributed by atoms with Gasteiger partial charge < -0.3 is 5.73 Å². The van der Waals surface area contributed by atoms with Crippen molar-refractivity contribution in [3.8, 4) is 0 Å². The Morgan fingerprint density at radius 1 is 0.917 bits per heavy atom. The molecule has 132 valence electrons. The van der Waals surface area contributed by atoms with Gasteiger partial charge in [-0.1, -0.05) is 7.43 Å². The molecule has 3 N–H and O–H groups in total. The first-order valence-electron chi connectivity index (χ1n) is 6.62. The van der Waals surface area contributed by atoms with Crippen LogP contribution in [0.15, 0.2) is 58.3 Å². The molecule has 2 aromatic rings. The van der Waals surface area contributed by atoms with Crippen LogP contribution in [-0.2, 0) is 20.1 Å². The van der Waals surface area contributed by atoms with Crippen molar-refractivity contribution in [3.63, 3.8) is 0 Å². The maximum absolute atomic E-state index is 12.7. The maximum Gasteiger partial charge on any atom is 0.294 e. The van der Waals surface area contributed by atoms with Gasteiger partial charge in [0, 0.05) is 12.2 Å². The van der Waals surface area contributed by atoms with E-state index in [4.69, 9.17) is 10.3 Å². The lowest BCUT2D eigenvalue weighted by Gasteiger charge is -2.23. The van der Waals surface area contributed by atoms with Crippen molar-refractivity contribution < 1.29 is 21.4 Å². The van der Waals surface area contributed by atoms with E-state index >= 15 is 0 Å². The van der Waals surface area contributed by atoms with Gasteiger partial charge in [-0.25, -0.2) is 8.42 Å². The second-order valence-corrected chi connectivity index (χ2v) is 7.99. The number of rotatable bonds is 5. The van der Waals surface area contributed by atoms with Crippen LogP contribution in [-0.4, -0.2) is 27.9 Å². The molecule has 0 bridgehead atoms. The molecule has 0 fully saturated rings. The Hall–Kier alpha value is -2.10. The van der Waals surface area contributed by atoms with Crippen molar-refractivity contribution in [2.75, 3.05) is 16.6 Å². The Bertz CT molecular complexity index is 890. The summed E-state index contributed by atoms with van der Waals surface area (Å²) in [6, 6.07) is 10.7. The van der Waals surface area contributed by atoms with Crippen molar-refractivity contribution in [1.82, 2.24) is 0 Å². The molecule has 0 aliphatic heterocycles. The van der Waals surface area contributed by atoms with Gasteiger partial charge in [-0.05, 0) is 55.5 Å². The number of anilines is 2. The molecule has 0 atom stereocenters. The molecule has 9 heteroatoms. The average molecular weight is 372 g/mol. The van der Waals surface area contributed by atoms with E-state index in [0.29, 0.717) is 5.69 Å². The zero-order valence-electron chi connectivity index (χ0n) is 12.2. The smallest absolute Gasteiger partial charge is 0.294 e. The first-order chi connectivity index (χ1) is 10.7. The van der Waals surface area contributed by atoms with Crippen LogP contribution in [0.4, 0.5) is 11.4 Å². The maximum atomic E-state index is 12.7. The van der Waals surface area contributed by atoms with Crippen LogP contribution in [0.2, 0.25) is 0 Å². The van der Waals surface area contributed by atoms with Crippen LogP contribution in [0.25, 0.3) is 0 Å². The second-order valence-electron chi connectivity index (χ2n) is 4.71. The third kappa shape index (κ3) is 4.05. The lowest BCUT2D eigenvalue weighted by atomic mass is 10.3. The summed E-state index contributed by atoms with van der Waals surface area (Å²) in [7, 11) is -8.13. The fourth-order valence-electron chi connectivity index (χ4n) is 2.04. The number of nitrogens with two attached hydrogens (primary N) is 1. The normalized spacial score (nSPS) is 11.6. The number of nitrogens with zero attached hydrogens (tertiary/aromatic N) is 1. The van der Waals surface area contributed by atoms with E-state index in [0.717, 1.165) is 16.4 Å². The summed E-state index contributed by atoms with van der Waals surface area (Å²) in [5, 5.41) is 0. The zero-order chi connectivity index (χ0) is 17.3. The minimum atomic E-state index is -4.33. The Balaban J connectivity index is 0.00000288. The highest BCUT2D eigenvalue weighted by atomic mass is 32.2. The summed E-state index contributed by atoms with van der Waals surface area (Å²) in [6.07, 6.45) is 0. The van der Waals surface area contributed by atoms with Crippen LogP contribution in [0.5, 0.6) is 0 Å². The molecule has 2 rings (SSSR count). The number of hydrogen-bond donors (Lipinski definition) is 2. The predicted molar refractivity (Wildman–Crippen MR) is 94.0 cm³/mol. The molecule has 2 aromatic carbocycles. The fourth-order valence-corrected chi connectivity index (χ4v) is 4.00. The highest BCUT2D eigenvalue weighted by molar-refractivity contribution is 7.92. The molecule has 0 unspecified atom stereocenters. The van der Waals surface area contributed by atoms with Gasteiger partial charge in [-0.2, -0.15) is 8.42 Å². The van der Waals surface area contributed by atoms with Crippen LogP contribution in [0, 0.1) is 0 Å². The van der Waals surface area contributed by atoms with Crippen molar-refractivity contribution in [1.29, 1.82) is 0 Å². The van der Waals surface area contributed by atoms with Crippen molar-refractivity contribution in [2.24, 2.45) is 0 Å². The molecule has 24 heavy (non-hydrogen) atoms. The summed E-state index contributed by atoms with van der Waals surface area (Å²) in [4.78, 5) is -0.227. The van der Waals surface area contributed by atoms with Crippen molar-refractivity contribution in [3.05, 3.63) is 48.5 Å². The number of nitrogen functional groups attached to an aromatic ring is 1. The summed E-state index contributed by atoms with van der Waals surface area (Å²) >= 11 is 0. The highest BCUT2D eigenvalue weighted by Gasteiger charge is 2.23. The molecular formula is C15H20N2O5S2. The summed E-state index contributed by atoms with van der Waals surface area (Å²) in [6.45, 7) is 1.81. The molecule has 0 amide bonds. The first-order valence-corrected chi connectivity index (χ1v) is 9.50. The van der Waals surface area contributed by atoms with Gasteiger partial charge in [0.05, 0.1) is 15.5 Å². The van der Waals surface area contributed by atoms with Gasteiger partial charge in [-0.15, -0.1) is 0 Å². The van der Waals surface area contributed by atoms with Gasteiger partial charge in [-0.3, -0.25) is 8.86 Å². The van der Waals surface area contributed by atoms with Gasteiger partial charge in [0.1, 0.15) is 0 Å². The van der Waals surface area contributed by atoms with Crippen LogP contribution in [0.1, 0.15) is 14.4 Å². The Kier molecular flexibility index (Phi) is 5.99. The zero-order valence-corrected chi connectivity index (χ0v) is 13.9. The van der Waals surface area contributed by atoms with E-state index in [-0.39, 0.29) is 29.4 Å². The molecule has 0 radical (unpaired) electrons.